The van der Waals surface area contributed by atoms with Crippen LogP contribution in [0.15, 0.2) is 79.1 Å². The smallest absolute Gasteiger partial charge is 0.274 e. The molecule has 0 atom stereocenters. The van der Waals surface area contributed by atoms with Gasteiger partial charge in [0.25, 0.3) is 5.91 Å². The Morgan fingerprint density at radius 3 is 2.55 bits per heavy atom. The first-order valence-electron chi connectivity index (χ1n) is 16.3. The highest BCUT2D eigenvalue weighted by Crippen LogP contribution is 2.38. The van der Waals surface area contributed by atoms with Crippen molar-refractivity contribution in [2.75, 3.05) is 58.8 Å². The number of amides is 1. The van der Waals surface area contributed by atoms with Crippen LogP contribution in [0.5, 0.6) is 23.0 Å². The van der Waals surface area contributed by atoms with Crippen LogP contribution in [0.4, 0.5) is 10.1 Å². The molecule has 1 saturated heterocycles. The van der Waals surface area contributed by atoms with Crippen molar-refractivity contribution >= 4 is 51.3 Å². The molecule has 6 aromatic rings. The first-order chi connectivity index (χ1) is 24.7. The number of nitrogens with one attached hydrogen (secondary N) is 1. The second-order valence-electron chi connectivity index (χ2n) is 12.1. The number of fused-ring (bicyclic) bond motifs is 2. The molecule has 11 nitrogen and oxygen atoms in total. The summed E-state index contributed by atoms with van der Waals surface area (Å²) in [5.41, 5.74) is 2.48. The van der Waals surface area contributed by atoms with Gasteiger partial charge in [0.1, 0.15) is 11.4 Å². The van der Waals surface area contributed by atoms with E-state index < -0.39 is 11.7 Å². The molecule has 1 amide bonds. The van der Waals surface area contributed by atoms with E-state index >= 15 is 4.39 Å². The third kappa shape index (κ3) is 7.69. The number of rotatable bonds is 11. The molecular weight excluding hydrogens is 696 g/mol. The fourth-order valence-electron chi connectivity index (χ4n) is 5.92. The van der Waals surface area contributed by atoms with Crippen molar-refractivity contribution in [3.63, 3.8) is 0 Å². The zero-order valence-electron chi connectivity index (χ0n) is 27.9. The van der Waals surface area contributed by atoms with Crippen molar-refractivity contribution in [2.24, 2.45) is 0 Å². The topological polar surface area (TPSA) is 106 Å². The van der Waals surface area contributed by atoms with Gasteiger partial charge in [-0.25, -0.2) is 13.9 Å². The van der Waals surface area contributed by atoms with E-state index in [1.54, 1.807) is 78.6 Å². The van der Waals surface area contributed by atoms with Crippen molar-refractivity contribution in [3.8, 4) is 34.3 Å². The Balaban J connectivity index is 1.05. The maximum absolute atomic E-state index is 15.5. The Hall–Kier alpha value is -5.01. The number of hydrogen-bond acceptors (Lipinski definition) is 9. The predicted octanol–water partition coefficient (Wildman–Crippen LogP) is 7.46. The Labute approximate surface area is 303 Å². The highest BCUT2D eigenvalue weighted by molar-refractivity contribution is 6.36. The lowest BCUT2D eigenvalue weighted by Gasteiger charge is -2.32. The van der Waals surface area contributed by atoms with Gasteiger partial charge in [0.05, 0.1) is 36.1 Å². The van der Waals surface area contributed by atoms with E-state index in [-0.39, 0.29) is 17.1 Å². The molecule has 3 aromatic heterocycles. The van der Waals surface area contributed by atoms with Crippen molar-refractivity contribution < 1.29 is 23.4 Å². The molecule has 51 heavy (non-hydrogen) atoms. The summed E-state index contributed by atoms with van der Waals surface area (Å²) in [6.45, 7) is 5.77. The average Bonchev–Trinajstić information content (AvgIpc) is 3.61. The van der Waals surface area contributed by atoms with E-state index in [4.69, 9.17) is 37.4 Å². The summed E-state index contributed by atoms with van der Waals surface area (Å²) in [5.74, 6) is 0.192. The molecule has 262 valence electrons. The molecule has 1 N–H and O–H groups in total. The second-order valence-corrected chi connectivity index (χ2v) is 13.0. The van der Waals surface area contributed by atoms with Gasteiger partial charge in [0, 0.05) is 78.8 Å². The van der Waals surface area contributed by atoms with E-state index in [2.05, 4.69) is 37.2 Å². The zero-order valence-corrected chi connectivity index (χ0v) is 29.4. The molecule has 0 unspecified atom stereocenters. The number of aromatic nitrogens is 4. The number of hydrogen-bond donors (Lipinski definition) is 1. The van der Waals surface area contributed by atoms with Crippen molar-refractivity contribution in [3.05, 3.63) is 101 Å². The molecule has 3 aromatic carbocycles. The van der Waals surface area contributed by atoms with Crippen LogP contribution in [0.1, 0.15) is 16.9 Å². The van der Waals surface area contributed by atoms with Gasteiger partial charge in [0.15, 0.2) is 28.7 Å². The Bertz CT molecular complexity index is 2230. The van der Waals surface area contributed by atoms with Crippen molar-refractivity contribution in [1.82, 2.24) is 29.4 Å². The van der Waals surface area contributed by atoms with Gasteiger partial charge in [-0.3, -0.25) is 9.78 Å². The van der Waals surface area contributed by atoms with Crippen molar-refractivity contribution in [2.45, 2.75) is 6.42 Å². The minimum atomic E-state index is -0.683. The van der Waals surface area contributed by atoms with Gasteiger partial charge in [-0.15, -0.1) is 0 Å². The lowest BCUT2D eigenvalue weighted by molar-refractivity contribution is 0.102. The number of carbonyl (C=O) groups is 1. The maximum atomic E-state index is 15.5. The monoisotopic (exact) mass is 729 g/mol. The summed E-state index contributed by atoms with van der Waals surface area (Å²) in [6.07, 6.45) is 4.04. The van der Waals surface area contributed by atoms with Gasteiger partial charge in [0.2, 0.25) is 0 Å². The van der Waals surface area contributed by atoms with E-state index in [0.29, 0.717) is 61.7 Å². The number of methoxy groups -OCH3 is 1. The first kappa shape index (κ1) is 34.4. The highest BCUT2D eigenvalue weighted by atomic mass is 35.5. The van der Waals surface area contributed by atoms with Gasteiger partial charge in [-0.05, 0) is 62.0 Å². The molecule has 0 saturated carbocycles. The third-order valence-corrected chi connectivity index (χ3v) is 9.22. The number of carbonyl (C=O) groups excluding carboxylic acids is 1. The number of nitrogens with zero attached hydrogens (tertiary/aromatic N) is 6. The summed E-state index contributed by atoms with van der Waals surface area (Å²) in [4.78, 5) is 27.0. The normalized spacial score (nSPS) is 13.8. The number of piperazine rings is 1. The van der Waals surface area contributed by atoms with E-state index in [1.165, 1.54) is 12.1 Å². The maximum Gasteiger partial charge on any atom is 0.274 e. The fourth-order valence-corrected chi connectivity index (χ4v) is 6.43. The lowest BCUT2D eigenvalue weighted by Crippen LogP contribution is -2.44. The van der Waals surface area contributed by atoms with E-state index in [9.17, 15) is 4.79 Å². The first-order valence-corrected chi connectivity index (χ1v) is 17.1. The molecule has 1 aliphatic heterocycles. The minimum Gasteiger partial charge on any atom is -0.493 e. The molecule has 0 spiro atoms. The molecule has 1 fully saturated rings. The minimum absolute atomic E-state index is 0.0397. The molecular formula is C37H34Cl2FN7O4. The number of anilines is 1. The second kappa shape index (κ2) is 15.1. The Morgan fingerprint density at radius 1 is 0.922 bits per heavy atom. The van der Waals surface area contributed by atoms with Crippen LogP contribution in [0, 0.1) is 5.82 Å². The quantitative estimate of drug-likeness (QED) is 0.136. The number of ether oxygens (including phenoxy) is 3. The van der Waals surface area contributed by atoms with Crippen LogP contribution in [0.25, 0.3) is 27.8 Å². The Morgan fingerprint density at radius 2 is 1.76 bits per heavy atom. The standard InChI is InChI=1S/C37H34Cl2FN7O4/c1-45-13-15-46(16-14-45)12-3-17-50-35-22-29-26(20-34(35)49-2)32(8-10-41-29)51-33-7-5-24(19-28(33)40)43-37(48)30-21-31(47-36(44-30)9-11-42-47)25-6-4-23(38)18-27(25)39/h4-11,18-22H,3,12-17H2,1-2H3,(H,43,48). The van der Waals surface area contributed by atoms with Gasteiger partial charge >= 0.3 is 0 Å². The number of pyridine rings is 1. The molecule has 14 heteroatoms. The van der Waals surface area contributed by atoms with Crippen LogP contribution in [-0.2, 0) is 0 Å². The van der Waals surface area contributed by atoms with Gasteiger partial charge < -0.3 is 29.3 Å². The number of halogens is 3. The van der Waals surface area contributed by atoms with Gasteiger partial charge in [-0.2, -0.15) is 5.10 Å². The van der Waals surface area contributed by atoms with Gasteiger partial charge in [-0.1, -0.05) is 23.2 Å². The highest BCUT2D eigenvalue weighted by Gasteiger charge is 2.19. The van der Waals surface area contributed by atoms with Crippen LogP contribution >= 0.6 is 23.2 Å². The van der Waals surface area contributed by atoms with Crippen LogP contribution in [-0.4, -0.2) is 88.8 Å². The SMILES string of the molecule is COc1cc2c(Oc3ccc(NC(=O)c4cc(-c5ccc(Cl)cc5Cl)n5nccc5n4)cc3F)ccnc2cc1OCCCN1CCN(C)CC1. The summed E-state index contributed by atoms with van der Waals surface area (Å²) >= 11 is 12.6. The Kier molecular flexibility index (Phi) is 10.2. The van der Waals surface area contributed by atoms with Crippen LogP contribution in [0.3, 0.4) is 0 Å². The fraction of sp³-hybridized carbons (Fsp3) is 0.243. The average molecular weight is 731 g/mol. The molecule has 4 heterocycles. The molecule has 0 bridgehead atoms. The van der Waals surface area contributed by atoms with E-state index in [1.807, 2.05) is 0 Å². The summed E-state index contributed by atoms with van der Waals surface area (Å²) in [6, 6.07) is 17.7. The van der Waals surface area contributed by atoms with E-state index in [0.717, 1.165) is 39.1 Å². The van der Waals surface area contributed by atoms with Crippen LogP contribution < -0.4 is 19.5 Å². The number of benzene rings is 3. The largest absolute Gasteiger partial charge is 0.493 e. The lowest BCUT2D eigenvalue weighted by atomic mass is 10.1. The zero-order chi connectivity index (χ0) is 35.5. The molecule has 0 radical (unpaired) electrons. The van der Waals surface area contributed by atoms with Crippen LogP contribution in [0.2, 0.25) is 10.0 Å². The number of likely N-dealkylation sites (N-methyl/N-ethyl adjacent to an activating group) is 1. The molecule has 1 aliphatic rings. The predicted molar refractivity (Wildman–Crippen MR) is 195 cm³/mol. The summed E-state index contributed by atoms with van der Waals surface area (Å²) in [5, 5.41) is 8.50. The molecule has 7 rings (SSSR count). The summed E-state index contributed by atoms with van der Waals surface area (Å²) < 4.78 is 34.8. The third-order valence-electron chi connectivity index (χ3n) is 8.67. The molecule has 0 aliphatic carbocycles. The van der Waals surface area contributed by atoms with Crippen molar-refractivity contribution in [1.29, 1.82) is 0 Å². The summed E-state index contributed by atoms with van der Waals surface area (Å²) in [7, 11) is 3.71.